The molecule has 0 amide bonds. The summed E-state index contributed by atoms with van der Waals surface area (Å²) in [4.78, 5) is 2.35. The minimum Gasteiger partial charge on any atom is -0.377 e. The molecule has 0 aromatic heterocycles. The standard InChI is InChI=1S/C12H26N2O/c1-10(2)15-8-7-14(3)9-11-5-4-6-12(11)13/h10-12H,4-9,13H2,1-3H3. The molecular formula is C12H26N2O. The quantitative estimate of drug-likeness (QED) is 0.727. The fourth-order valence-electron chi connectivity index (χ4n) is 2.23. The van der Waals surface area contributed by atoms with E-state index in [1.165, 1.54) is 19.3 Å². The van der Waals surface area contributed by atoms with Gasteiger partial charge in [-0.25, -0.2) is 0 Å². The van der Waals surface area contributed by atoms with Gasteiger partial charge in [-0.3, -0.25) is 0 Å². The summed E-state index contributed by atoms with van der Waals surface area (Å²) in [6.45, 7) is 7.12. The Morgan fingerprint density at radius 1 is 1.40 bits per heavy atom. The number of hydrogen-bond acceptors (Lipinski definition) is 3. The third-order valence-corrected chi connectivity index (χ3v) is 3.19. The van der Waals surface area contributed by atoms with Crippen LogP contribution in [0, 0.1) is 5.92 Å². The van der Waals surface area contributed by atoms with Gasteiger partial charge in [0.2, 0.25) is 0 Å². The zero-order chi connectivity index (χ0) is 11.3. The Bertz CT molecular complexity index is 173. The second-order valence-corrected chi connectivity index (χ2v) is 5.04. The van der Waals surface area contributed by atoms with E-state index in [1.54, 1.807) is 0 Å². The maximum Gasteiger partial charge on any atom is 0.0596 e. The molecule has 0 bridgehead atoms. The van der Waals surface area contributed by atoms with Gasteiger partial charge in [-0.05, 0) is 39.7 Å². The molecular weight excluding hydrogens is 188 g/mol. The predicted octanol–water partition coefficient (Wildman–Crippen LogP) is 1.47. The molecule has 1 fully saturated rings. The second-order valence-electron chi connectivity index (χ2n) is 5.04. The van der Waals surface area contributed by atoms with Crippen molar-refractivity contribution >= 4 is 0 Å². The molecule has 0 saturated heterocycles. The zero-order valence-electron chi connectivity index (χ0n) is 10.4. The first-order chi connectivity index (χ1) is 7.09. The Hall–Kier alpha value is -0.120. The van der Waals surface area contributed by atoms with Crippen LogP contribution in [0.4, 0.5) is 0 Å². The molecule has 1 rings (SSSR count). The molecule has 3 nitrogen and oxygen atoms in total. The summed E-state index contributed by atoms with van der Waals surface area (Å²) >= 11 is 0. The topological polar surface area (TPSA) is 38.5 Å². The van der Waals surface area contributed by atoms with E-state index in [1.807, 2.05) is 0 Å². The van der Waals surface area contributed by atoms with Crippen LogP contribution in [-0.4, -0.2) is 43.8 Å². The average molecular weight is 214 g/mol. The summed E-state index contributed by atoms with van der Waals surface area (Å²) in [5, 5.41) is 0. The van der Waals surface area contributed by atoms with Gasteiger partial charge in [0.15, 0.2) is 0 Å². The fourth-order valence-corrected chi connectivity index (χ4v) is 2.23. The van der Waals surface area contributed by atoms with Crippen molar-refractivity contribution in [3.8, 4) is 0 Å². The highest BCUT2D eigenvalue weighted by Gasteiger charge is 2.24. The summed E-state index contributed by atoms with van der Waals surface area (Å²) in [5.41, 5.74) is 6.05. The van der Waals surface area contributed by atoms with Crippen LogP contribution in [0.2, 0.25) is 0 Å². The maximum atomic E-state index is 6.05. The van der Waals surface area contributed by atoms with E-state index in [9.17, 15) is 0 Å². The van der Waals surface area contributed by atoms with E-state index in [0.29, 0.717) is 18.1 Å². The van der Waals surface area contributed by atoms with Crippen LogP contribution in [0.25, 0.3) is 0 Å². The summed E-state index contributed by atoms with van der Waals surface area (Å²) < 4.78 is 5.53. The zero-order valence-corrected chi connectivity index (χ0v) is 10.4. The van der Waals surface area contributed by atoms with Crippen molar-refractivity contribution in [2.75, 3.05) is 26.7 Å². The lowest BCUT2D eigenvalue weighted by atomic mass is 10.0. The van der Waals surface area contributed by atoms with Crippen LogP contribution >= 0.6 is 0 Å². The molecule has 15 heavy (non-hydrogen) atoms. The molecule has 0 aromatic carbocycles. The number of hydrogen-bond donors (Lipinski definition) is 1. The normalized spacial score (nSPS) is 26.8. The largest absolute Gasteiger partial charge is 0.377 e. The minimum atomic E-state index is 0.340. The van der Waals surface area contributed by atoms with Crippen LogP contribution < -0.4 is 5.73 Å². The van der Waals surface area contributed by atoms with E-state index < -0.39 is 0 Å². The Kier molecular flexibility index (Phi) is 5.58. The minimum absolute atomic E-state index is 0.340. The smallest absolute Gasteiger partial charge is 0.0596 e. The molecule has 3 heteroatoms. The second kappa shape index (κ2) is 6.46. The number of nitrogens with zero attached hydrogens (tertiary/aromatic N) is 1. The van der Waals surface area contributed by atoms with Crippen molar-refractivity contribution in [2.24, 2.45) is 11.7 Å². The first kappa shape index (κ1) is 12.9. The predicted molar refractivity (Wildman–Crippen MR) is 63.9 cm³/mol. The summed E-state index contributed by atoms with van der Waals surface area (Å²) in [5.74, 6) is 0.703. The summed E-state index contributed by atoms with van der Waals surface area (Å²) in [7, 11) is 2.16. The van der Waals surface area contributed by atoms with Gasteiger partial charge >= 0.3 is 0 Å². The lowest BCUT2D eigenvalue weighted by Crippen LogP contribution is -2.35. The molecule has 0 aromatic rings. The molecule has 1 aliphatic rings. The first-order valence-electron chi connectivity index (χ1n) is 6.15. The van der Waals surface area contributed by atoms with E-state index in [-0.39, 0.29) is 0 Å². The third kappa shape index (κ3) is 4.96. The number of nitrogens with two attached hydrogens (primary N) is 1. The monoisotopic (exact) mass is 214 g/mol. The molecule has 2 N–H and O–H groups in total. The molecule has 90 valence electrons. The highest BCUT2D eigenvalue weighted by molar-refractivity contribution is 4.81. The van der Waals surface area contributed by atoms with Crippen LogP contribution in [0.5, 0.6) is 0 Å². The highest BCUT2D eigenvalue weighted by Crippen LogP contribution is 2.24. The SMILES string of the molecule is CC(C)OCCN(C)CC1CCCC1N. The van der Waals surface area contributed by atoms with Crippen molar-refractivity contribution in [1.82, 2.24) is 4.90 Å². The van der Waals surface area contributed by atoms with Crippen LogP contribution in [0.3, 0.4) is 0 Å². The fraction of sp³-hybridized carbons (Fsp3) is 1.00. The summed E-state index contributed by atoms with van der Waals surface area (Å²) in [6.07, 6.45) is 4.16. The van der Waals surface area contributed by atoms with Crippen LogP contribution in [-0.2, 0) is 4.74 Å². The van der Waals surface area contributed by atoms with Crippen molar-refractivity contribution in [3.05, 3.63) is 0 Å². The van der Waals surface area contributed by atoms with Crippen molar-refractivity contribution in [3.63, 3.8) is 0 Å². The van der Waals surface area contributed by atoms with Gasteiger partial charge in [0.1, 0.15) is 0 Å². The lowest BCUT2D eigenvalue weighted by Gasteiger charge is -2.23. The Morgan fingerprint density at radius 3 is 2.67 bits per heavy atom. The van der Waals surface area contributed by atoms with Gasteiger partial charge in [-0.2, -0.15) is 0 Å². The van der Waals surface area contributed by atoms with Gasteiger partial charge in [-0.15, -0.1) is 0 Å². The molecule has 0 spiro atoms. The molecule has 1 aliphatic carbocycles. The first-order valence-corrected chi connectivity index (χ1v) is 6.15. The van der Waals surface area contributed by atoms with Gasteiger partial charge in [0.05, 0.1) is 12.7 Å². The average Bonchev–Trinajstić information content (AvgIpc) is 2.51. The molecule has 2 unspecified atom stereocenters. The van der Waals surface area contributed by atoms with Gasteiger partial charge in [-0.1, -0.05) is 6.42 Å². The van der Waals surface area contributed by atoms with E-state index in [2.05, 4.69) is 25.8 Å². The Labute approximate surface area is 94.0 Å². The van der Waals surface area contributed by atoms with E-state index in [0.717, 1.165) is 19.7 Å². The molecule has 0 radical (unpaired) electrons. The van der Waals surface area contributed by atoms with Crippen molar-refractivity contribution in [2.45, 2.75) is 45.3 Å². The summed E-state index contributed by atoms with van der Waals surface area (Å²) in [6, 6.07) is 0.429. The van der Waals surface area contributed by atoms with Crippen molar-refractivity contribution in [1.29, 1.82) is 0 Å². The number of ether oxygens (including phenoxy) is 1. The van der Waals surface area contributed by atoms with Crippen LogP contribution in [0.1, 0.15) is 33.1 Å². The Morgan fingerprint density at radius 2 is 2.13 bits per heavy atom. The molecule has 0 aliphatic heterocycles. The lowest BCUT2D eigenvalue weighted by molar-refractivity contribution is 0.0609. The van der Waals surface area contributed by atoms with Crippen LogP contribution in [0.15, 0.2) is 0 Å². The highest BCUT2D eigenvalue weighted by atomic mass is 16.5. The molecule has 0 heterocycles. The van der Waals surface area contributed by atoms with E-state index in [4.69, 9.17) is 10.5 Å². The molecule has 1 saturated carbocycles. The molecule has 2 atom stereocenters. The van der Waals surface area contributed by atoms with E-state index >= 15 is 0 Å². The van der Waals surface area contributed by atoms with Gasteiger partial charge in [0, 0.05) is 19.1 Å². The maximum absolute atomic E-state index is 6.05. The van der Waals surface area contributed by atoms with Gasteiger partial charge < -0.3 is 15.4 Å². The number of likely N-dealkylation sites (N-methyl/N-ethyl adjacent to an activating group) is 1. The van der Waals surface area contributed by atoms with Crippen molar-refractivity contribution < 1.29 is 4.74 Å². The Balaban J connectivity index is 2.09. The third-order valence-electron chi connectivity index (χ3n) is 3.19. The van der Waals surface area contributed by atoms with Gasteiger partial charge in [0.25, 0.3) is 0 Å². The number of rotatable bonds is 6.